The number of hydrogen-bond acceptors (Lipinski definition) is 1. The summed E-state index contributed by atoms with van der Waals surface area (Å²) in [5.41, 5.74) is 0. The molecule has 98 valence electrons. The maximum absolute atomic E-state index is 12.6. The Kier molecular flexibility index (Phi) is 3.95. The Morgan fingerprint density at radius 2 is 1.65 bits per heavy atom. The number of carbonyl (C=O) groups is 1. The van der Waals surface area contributed by atoms with Crippen LogP contribution < -0.4 is 0 Å². The minimum absolute atomic E-state index is 0.288. The summed E-state index contributed by atoms with van der Waals surface area (Å²) in [5.74, 6) is 0.670. The smallest absolute Gasteiger partial charge is 0.320 e. The molecule has 2 rings (SSSR count). The zero-order valence-corrected chi connectivity index (χ0v) is 11.5. The van der Waals surface area contributed by atoms with Crippen molar-refractivity contribution in [3.63, 3.8) is 0 Å². The highest BCUT2D eigenvalue weighted by Crippen LogP contribution is 2.25. The van der Waals surface area contributed by atoms with E-state index in [-0.39, 0.29) is 6.03 Å². The van der Waals surface area contributed by atoms with Gasteiger partial charge in [0.2, 0.25) is 0 Å². The van der Waals surface area contributed by atoms with E-state index in [0.717, 1.165) is 13.1 Å². The molecule has 2 aliphatic heterocycles. The maximum atomic E-state index is 12.6. The SMILES string of the molecule is CC1CCCN(C(=O)N2[C@H](C)CCC[C@@H]2C)C1. The van der Waals surface area contributed by atoms with Crippen LogP contribution in [0, 0.1) is 5.92 Å². The average molecular weight is 238 g/mol. The number of hydrogen-bond donors (Lipinski definition) is 0. The van der Waals surface area contributed by atoms with Crippen molar-refractivity contribution in [2.24, 2.45) is 5.92 Å². The summed E-state index contributed by atoms with van der Waals surface area (Å²) < 4.78 is 0. The van der Waals surface area contributed by atoms with Gasteiger partial charge in [-0.25, -0.2) is 4.79 Å². The number of amides is 2. The third-order valence-corrected chi connectivity index (χ3v) is 4.34. The third-order valence-electron chi connectivity index (χ3n) is 4.34. The van der Waals surface area contributed by atoms with E-state index in [0.29, 0.717) is 18.0 Å². The van der Waals surface area contributed by atoms with Crippen molar-refractivity contribution in [2.45, 2.75) is 65.0 Å². The van der Waals surface area contributed by atoms with Gasteiger partial charge in [-0.3, -0.25) is 0 Å². The first-order valence-electron chi connectivity index (χ1n) is 7.17. The van der Waals surface area contributed by atoms with E-state index in [2.05, 4.69) is 30.6 Å². The highest BCUT2D eigenvalue weighted by Gasteiger charge is 2.33. The summed E-state index contributed by atoms with van der Waals surface area (Å²) in [6.45, 7) is 8.55. The van der Waals surface area contributed by atoms with Crippen LogP contribution in [0.15, 0.2) is 0 Å². The Morgan fingerprint density at radius 3 is 2.24 bits per heavy atom. The van der Waals surface area contributed by atoms with Crippen LogP contribution in [0.3, 0.4) is 0 Å². The lowest BCUT2D eigenvalue weighted by molar-refractivity contribution is 0.0805. The second-order valence-corrected chi connectivity index (χ2v) is 6.01. The molecule has 17 heavy (non-hydrogen) atoms. The fourth-order valence-corrected chi connectivity index (χ4v) is 3.32. The molecule has 0 aromatic carbocycles. The molecule has 0 saturated carbocycles. The Hall–Kier alpha value is -0.730. The van der Waals surface area contributed by atoms with Gasteiger partial charge in [0, 0.05) is 25.2 Å². The first-order chi connectivity index (χ1) is 8.09. The summed E-state index contributed by atoms with van der Waals surface area (Å²) in [4.78, 5) is 16.8. The Bertz CT molecular complexity index is 269. The zero-order chi connectivity index (χ0) is 12.4. The minimum atomic E-state index is 0.288. The van der Waals surface area contributed by atoms with Crippen molar-refractivity contribution in [1.29, 1.82) is 0 Å². The normalized spacial score (nSPS) is 34.9. The lowest BCUT2D eigenvalue weighted by Gasteiger charge is -2.43. The van der Waals surface area contributed by atoms with Crippen LogP contribution in [-0.2, 0) is 0 Å². The van der Waals surface area contributed by atoms with Gasteiger partial charge in [0.05, 0.1) is 0 Å². The van der Waals surface area contributed by atoms with Gasteiger partial charge in [0.15, 0.2) is 0 Å². The molecule has 0 bridgehead atoms. The Labute approximate surface area is 105 Å². The molecule has 0 aromatic rings. The molecule has 0 aliphatic carbocycles. The predicted octanol–water partition coefficient (Wildman–Crippen LogP) is 3.10. The monoisotopic (exact) mass is 238 g/mol. The fourth-order valence-electron chi connectivity index (χ4n) is 3.32. The third kappa shape index (κ3) is 2.75. The molecule has 2 fully saturated rings. The van der Waals surface area contributed by atoms with Gasteiger partial charge in [-0.1, -0.05) is 6.92 Å². The zero-order valence-electron chi connectivity index (χ0n) is 11.5. The number of rotatable bonds is 0. The molecule has 2 saturated heterocycles. The first kappa shape index (κ1) is 12.7. The van der Waals surface area contributed by atoms with Crippen LogP contribution in [0.25, 0.3) is 0 Å². The van der Waals surface area contributed by atoms with E-state index in [1.807, 2.05) is 0 Å². The molecule has 2 heterocycles. The van der Waals surface area contributed by atoms with Gasteiger partial charge in [-0.05, 0) is 51.9 Å². The van der Waals surface area contributed by atoms with Crippen molar-refractivity contribution < 1.29 is 4.79 Å². The van der Waals surface area contributed by atoms with Crippen LogP contribution in [-0.4, -0.2) is 41.0 Å². The summed E-state index contributed by atoms with van der Waals surface area (Å²) >= 11 is 0. The van der Waals surface area contributed by atoms with E-state index < -0.39 is 0 Å². The second-order valence-electron chi connectivity index (χ2n) is 6.01. The number of urea groups is 1. The lowest BCUT2D eigenvalue weighted by Crippen LogP contribution is -2.54. The molecule has 0 aromatic heterocycles. The van der Waals surface area contributed by atoms with Crippen LogP contribution in [0.1, 0.15) is 52.9 Å². The van der Waals surface area contributed by atoms with E-state index >= 15 is 0 Å². The van der Waals surface area contributed by atoms with Crippen LogP contribution in [0.2, 0.25) is 0 Å². The molecular weight excluding hydrogens is 212 g/mol. The summed E-state index contributed by atoms with van der Waals surface area (Å²) in [5, 5.41) is 0. The number of nitrogens with zero attached hydrogens (tertiary/aromatic N) is 2. The molecule has 0 N–H and O–H groups in total. The molecule has 0 spiro atoms. The van der Waals surface area contributed by atoms with Gasteiger partial charge in [0.1, 0.15) is 0 Å². The van der Waals surface area contributed by atoms with Crippen molar-refractivity contribution in [2.75, 3.05) is 13.1 Å². The van der Waals surface area contributed by atoms with Gasteiger partial charge in [-0.2, -0.15) is 0 Å². The Balaban J connectivity index is 2.02. The molecule has 2 aliphatic rings. The molecule has 3 atom stereocenters. The second kappa shape index (κ2) is 5.28. The van der Waals surface area contributed by atoms with Crippen molar-refractivity contribution >= 4 is 6.03 Å². The highest BCUT2D eigenvalue weighted by molar-refractivity contribution is 5.75. The topological polar surface area (TPSA) is 23.6 Å². The fraction of sp³-hybridized carbons (Fsp3) is 0.929. The minimum Gasteiger partial charge on any atom is -0.324 e. The van der Waals surface area contributed by atoms with Gasteiger partial charge < -0.3 is 9.80 Å². The van der Waals surface area contributed by atoms with Gasteiger partial charge >= 0.3 is 6.03 Å². The highest BCUT2D eigenvalue weighted by atomic mass is 16.2. The number of likely N-dealkylation sites (tertiary alicyclic amines) is 2. The molecule has 3 nitrogen and oxygen atoms in total. The predicted molar refractivity (Wildman–Crippen MR) is 70.0 cm³/mol. The van der Waals surface area contributed by atoms with Crippen LogP contribution in [0.5, 0.6) is 0 Å². The molecule has 3 heteroatoms. The maximum Gasteiger partial charge on any atom is 0.320 e. The van der Waals surface area contributed by atoms with E-state index in [1.54, 1.807) is 0 Å². The van der Waals surface area contributed by atoms with Crippen molar-refractivity contribution in [3.05, 3.63) is 0 Å². The first-order valence-corrected chi connectivity index (χ1v) is 7.17. The standard InChI is InChI=1S/C14H26N2O/c1-11-6-5-9-15(10-11)14(17)16-12(2)7-4-8-13(16)3/h11-13H,4-10H2,1-3H3/t11?,12-,13+. The van der Waals surface area contributed by atoms with E-state index in [1.165, 1.54) is 32.1 Å². The van der Waals surface area contributed by atoms with Crippen LogP contribution >= 0.6 is 0 Å². The summed E-state index contributed by atoms with van der Waals surface area (Å²) in [7, 11) is 0. The molecule has 1 unspecified atom stereocenters. The summed E-state index contributed by atoms with van der Waals surface area (Å²) in [6, 6.07) is 1.13. The lowest BCUT2D eigenvalue weighted by atomic mass is 9.97. The van der Waals surface area contributed by atoms with Gasteiger partial charge in [0.25, 0.3) is 0 Å². The quantitative estimate of drug-likeness (QED) is 0.636. The van der Waals surface area contributed by atoms with Crippen molar-refractivity contribution in [1.82, 2.24) is 9.80 Å². The average Bonchev–Trinajstić information content (AvgIpc) is 2.28. The largest absolute Gasteiger partial charge is 0.324 e. The summed E-state index contributed by atoms with van der Waals surface area (Å²) in [6.07, 6.45) is 6.04. The van der Waals surface area contributed by atoms with Crippen molar-refractivity contribution in [3.8, 4) is 0 Å². The number of piperidine rings is 2. The Morgan fingerprint density at radius 1 is 1.00 bits per heavy atom. The van der Waals surface area contributed by atoms with Gasteiger partial charge in [-0.15, -0.1) is 0 Å². The van der Waals surface area contributed by atoms with E-state index in [9.17, 15) is 4.79 Å². The van der Waals surface area contributed by atoms with Crippen LogP contribution in [0.4, 0.5) is 4.79 Å². The van der Waals surface area contributed by atoms with E-state index in [4.69, 9.17) is 0 Å². The molecular formula is C14H26N2O. The molecule has 2 amide bonds. The number of carbonyl (C=O) groups excluding carboxylic acids is 1. The molecule has 0 radical (unpaired) electrons.